The van der Waals surface area contributed by atoms with Gasteiger partial charge in [0.05, 0.1) is 5.69 Å². The second-order valence-corrected chi connectivity index (χ2v) is 6.12. The first-order chi connectivity index (χ1) is 8.45. The number of thiazole rings is 1. The summed E-state index contributed by atoms with van der Waals surface area (Å²) >= 11 is 1.78. The summed E-state index contributed by atoms with van der Waals surface area (Å²) in [5.74, 6) is 0. The van der Waals surface area contributed by atoms with E-state index in [1.807, 2.05) is 7.05 Å². The molecule has 0 bridgehead atoms. The van der Waals surface area contributed by atoms with E-state index < -0.39 is 0 Å². The molecule has 0 atom stereocenters. The number of rotatable bonds is 3. The molecule has 1 heterocycles. The van der Waals surface area contributed by atoms with Crippen molar-refractivity contribution in [1.82, 2.24) is 10.3 Å². The van der Waals surface area contributed by atoms with E-state index in [1.165, 1.54) is 16.0 Å². The van der Waals surface area contributed by atoms with Gasteiger partial charge in [-0.25, -0.2) is 4.98 Å². The van der Waals surface area contributed by atoms with Crippen molar-refractivity contribution in [2.75, 3.05) is 7.05 Å². The summed E-state index contributed by atoms with van der Waals surface area (Å²) in [5.41, 5.74) is 3.62. The highest BCUT2D eigenvalue weighted by Crippen LogP contribution is 2.35. The number of nitrogens with one attached hydrogen (secondary N) is 1. The van der Waals surface area contributed by atoms with Crippen molar-refractivity contribution in [2.45, 2.75) is 33.2 Å². The summed E-state index contributed by atoms with van der Waals surface area (Å²) < 4.78 is 0. The third kappa shape index (κ3) is 2.33. The van der Waals surface area contributed by atoms with Gasteiger partial charge in [0.15, 0.2) is 0 Å². The molecule has 0 saturated carbocycles. The third-order valence-electron chi connectivity index (χ3n) is 3.36. The lowest BCUT2D eigenvalue weighted by Crippen LogP contribution is -2.32. The first kappa shape index (κ1) is 13.2. The number of hydrogen-bond acceptors (Lipinski definition) is 3. The summed E-state index contributed by atoms with van der Waals surface area (Å²) in [4.78, 5) is 6.04. The van der Waals surface area contributed by atoms with Crippen molar-refractivity contribution in [2.24, 2.45) is 0 Å². The molecule has 0 saturated heterocycles. The smallest absolute Gasteiger partial charge is 0.124 e. The highest BCUT2D eigenvalue weighted by atomic mass is 32.1. The molecule has 3 heteroatoms. The minimum Gasteiger partial charge on any atom is -0.310 e. The van der Waals surface area contributed by atoms with Gasteiger partial charge in [0.2, 0.25) is 0 Å². The van der Waals surface area contributed by atoms with Crippen molar-refractivity contribution in [3.05, 3.63) is 40.4 Å². The lowest BCUT2D eigenvalue weighted by Gasteiger charge is -2.22. The fourth-order valence-electron chi connectivity index (χ4n) is 2.02. The van der Waals surface area contributed by atoms with E-state index in [0.717, 1.165) is 10.7 Å². The van der Waals surface area contributed by atoms with E-state index in [4.69, 9.17) is 4.98 Å². The normalized spacial score (nSPS) is 11.8. The van der Waals surface area contributed by atoms with Gasteiger partial charge in [0, 0.05) is 16.0 Å². The molecule has 2 rings (SSSR count). The van der Waals surface area contributed by atoms with Crippen LogP contribution in [0.2, 0.25) is 0 Å². The molecule has 0 aliphatic heterocycles. The molecule has 2 nitrogen and oxygen atoms in total. The van der Waals surface area contributed by atoms with Gasteiger partial charge >= 0.3 is 0 Å². The Bertz CT molecular complexity index is 555. The average molecular weight is 260 g/mol. The van der Waals surface area contributed by atoms with Crippen molar-refractivity contribution < 1.29 is 0 Å². The number of nitrogens with zero attached hydrogens (tertiary/aromatic N) is 1. The molecule has 0 radical (unpaired) electrons. The van der Waals surface area contributed by atoms with Gasteiger partial charge in [-0.1, -0.05) is 24.3 Å². The highest BCUT2D eigenvalue weighted by Gasteiger charge is 2.24. The van der Waals surface area contributed by atoms with Gasteiger partial charge in [0.1, 0.15) is 5.01 Å². The van der Waals surface area contributed by atoms with Gasteiger partial charge in [-0.15, -0.1) is 11.3 Å². The van der Waals surface area contributed by atoms with Gasteiger partial charge < -0.3 is 5.32 Å². The largest absolute Gasteiger partial charge is 0.310 e. The van der Waals surface area contributed by atoms with Crippen LogP contribution in [-0.2, 0) is 5.54 Å². The van der Waals surface area contributed by atoms with Crippen molar-refractivity contribution in [1.29, 1.82) is 0 Å². The maximum absolute atomic E-state index is 4.73. The van der Waals surface area contributed by atoms with Crippen molar-refractivity contribution in [3.8, 4) is 10.6 Å². The predicted octanol–water partition coefficient (Wildman–Crippen LogP) is 3.88. The fourth-order valence-corrected chi connectivity index (χ4v) is 3.28. The van der Waals surface area contributed by atoms with E-state index in [1.54, 1.807) is 11.3 Å². The Labute approximate surface area is 113 Å². The van der Waals surface area contributed by atoms with E-state index in [-0.39, 0.29) is 5.54 Å². The predicted molar refractivity (Wildman–Crippen MR) is 79.1 cm³/mol. The maximum atomic E-state index is 4.73. The monoisotopic (exact) mass is 260 g/mol. The lowest BCUT2D eigenvalue weighted by molar-refractivity contribution is 0.450. The SMILES string of the molecule is CNC(C)(C)c1sc(-c2ccccc2C)nc1C. The Kier molecular flexibility index (Phi) is 3.55. The van der Waals surface area contributed by atoms with E-state index in [0.29, 0.717) is 0 Å². The quantitative estimate of drug-likeness (QED) is 0.906. The second-order valence-electron chi connectivity index (χ2n) is 5.12. The van der Waals surface area contributed by atoms with Crippen LogP contribution in [0.1, 0.15) is 30.0 Å². The van der Waals surface area contributed by atoms with Crippen LogP contribution in [0.4, 0.5) is 0 Å². The Morgan fingerprint density at radius 3 is 2.44 bits per heavy atom. The zero-order valence-electron chi connectivity index (χ0n) is 11.7. The standard InChI is InChI=1S/C15H20N2S/c1-10-8-6-7-9-12(10)14-17-11(2)13(18-14)15(3,4)16-5/h6-9,16H,1-5H3. The van der Waals surface area contributed by atoms with Crippen LogP contribution in [0, 0.1) is 13.8 Å². The molecule has 1 N–H and O–H groups in total. The molecular formula is C15H20N2S. The number of aromatic nitrogens is 1. The molecule has 0 aliphatic carbocycles. The molecule has 1 aromatic carbocycles. The number of hydrogen-bond donors (Lipinski definition) is 1. The topological polar surface area (TPSA) is 24.9 Å². The fraction of sp³-hybridized carbons (Fsp3) is 0.400. The molecule has 0 fully saturated rings. The molecular weight excluding hydrogens is 240 g/mol. The maximum Gasteiger partial charge on any atom is 0.124 e. The van der Waals surface area contributed by atoms with E-state index >= 15 is 0 Å². The molecule has 0 amide bonds. The Hall–Kier alpha value is -1.19. The van der Waals surface area contributed by atoms with Gasteiger partial charge in [-0.2, -0.15) is 0 Å². The van der Waals surface area contributed by atoms with Crippen molar-refractivity contribution >= 4 is 11.3 Å². The highest BCUT2D eigenvalue weighted by molar-refractivity contribution is 7.15. The molecule has 1 aromatic heterocycles. The molecule has 96 valence electrons. The summed E-state index contributed by atoms with van der Waals surface area (Å²) in [6, 6.07) is 8.42. The minimum absolute atomic E-state index is 0.0251. The van der Waals surface area contributed by atoms with Crippen LogP contribution >= 0.6 is 11.3 Å². The first-order valence-electron chi connectivity index (χ1n) is 6.18. The van der Waals surface area contributed by atoms with Crippen LogP contribution in [-0.4, -0.2) is 12.0 Å². The molecule has 18 heavy (non-hydrogen) atoms. The zero-order chi connectivity index (χ0) is 13.3. The Morgan fingerprint density at radius 2 is 1.83 bits per heavy atom. The van der Waals surface area contributed by atoms with E-state index in [9.17, 15) is 0 Å². The van der Waals surface area contributed by atoms with Gasteiger partial charge in [-0.3, -0.25) is 0 Å². The van der Waals surface area contributed by atoms with E-state index in [2.05, 4.69) is 57.3 Å². The van der Waals surface area contributed by atoms with Crippen LogP contribution in [0.5, 0.6) is 0 Å². The number of aryl methyl sites for hydroxylation is 2. The van der Waals surface area contributed by atoms with Crippen LogP contribution in [0.15, 0.2) is 24.3 Å². The molecule has 0 spiro atoms. The molecule has 0 unspecified atom stereocenters. The van der Waals surface area contributed by atoms with Crippen LogP contribution in [0.25, 0.3) is 10.6 Å². The Morgan fingerprint density at radius 1 is 1.17 bits per heavy atom. The van der Waals surface area contributed by atoms with Crippen LogP contribution in [0.3, 0.4) is 0 Å². The lowest BCUT2D eigenvalue weighted by atomic mass is 10.0. The Balaban J connectivity index is 2.51. The minimum atomic E-state index is -0.0251. The third-order valence-corrected chi connectivity index (χ3v) is 4.88. The summed E-state index contributed by atoms with van der Waals surface area (Å²) in [6.45, 7) is 8.60. The zero-order valence-corrected chi connectivity index (χ0v) is 12.5. The van der Waals surface area contributed by atoms with Crippen molar-refractivity contribution in [3.63, 3.8) is 0 Å². The average Bonchev–Trinajstić information content (AvgIpc) is 2.72. The summed E-state index contributed by atoms with van der Waals surface area (Å²) in [7, 11) is 1.99. The van der Waals surface area contributed by atoms with Gasteiger partial charge in [-0.05, 0) is 40.3 Å². The summed E-state index contributed by atoms with van der Waals surface area (Å²) in [6.07, 6.45) is 0. The van der Waals surface area contributed by atoms with Crippen LogP contribution < -0.4 is 5.32 Å². The van der Waals surface area contributed by atoms with Gasteiger partial charge in [0.25, 0.3) is 0 Å². The second kappa shape index (κ2) is 4.82. The molecule has 0 aliphatic rings. The summed E-state index contributed by atoms with van der Waals surface area (Å²) in [5, 5.41) is 4.46. The number of benzene rings is 1. The molecule has 2 aromatic rings. The first-order valence-corrected chi connectivity index (χ1v) is 7.00.